The molecule has 226 valence electrons. The van der Waals surface area contributed by atoms with Gasteiger partial charge in [0, 0.05) is 32.0 Å². The minimum atomic E-state index is -3.56. The van der Waals surface area contributed by atoms with E-state index in [2.05, 4.69) is 5.32 Å². The highest BCUT2D eigenvalue weighted by Crippen LogP contribution is 2.23. The number of rotatable bonds is 14. The molecule has 0 unspecified atom stereocenters. The molecular weight excluding hydrogens is 546 g/mol. The standard InChI is InChI=1S/C34H45N3O4S/c1-7-28(5)35-34(39)32(23-29-12-9-8-10-13-29)36(24-30-18-15-25(2)16-19-30)33(38)14-11-21-37(42(6,40)41)31-20-17-26(3)27(4)22-31/h8-10,12-13,15-20,22,28,32H,7,11,14,21,23-24H2,1-6H3,(H,35,39)/t28-,32+/m0/s1. The number of sulfonamides is 1. The number of hydrogen-bond donors (Lipinski definition) is 1. The van der Waals surface area contributed by atoms with Crippen LogP contribution in [0.2, 0.25) is 0 Å². The molecule has 2 atom stereocenters. The van der Waals surface area contributed by atoms with E-state index in [4.69, 9.17) is 0 Å². The molecule has 0 radical (unpaired) electrons. The van der Waals surface area contributed by atoms with Gasteiger partial charge in [-0.1, -0.05) is 73.2 Å². The second-order valence-corrected chi connectivity index (χ2v) is 13.1. The van der Waals surface area contributed by atoms with Gasteiger partial charge in [-0.05, 0) is 74.9 Å². The summed E-state index contributed by atoms with van der Waals surface area (Å²) in [5, 5.41) is 3.09. The quantitative estimate of drug-likeness (QED) is 0.260. The van der Waals surface area contributed by atoms with Crippen LogP contribution in [0.4, 0.5) is 5.69 Å². The smallest absolute Gasteiger partial charge is 0.243 e. The van der Waals surface area contributed by atoms with E-state index in [-0.39, 0.29) is 37.4 Å². The number of amides is 2. The van der Waals surface area contributed by atoms with Gasteiger partial charge in [-0.25, -0.2) is 8.42 Å². The molecular formula is C34H45N3O4S. The summed E-state index contributed by atoms with van der Waals surface area (Å²) in [4.78, 5) is 29.3. The van der Waals surface area contributed by atoms with Crippen molar-refractivity contribution in [3.63, 3.8) is 0 Å². The Morgan fingerprint density at radius 1 is 0.881 bits per heavy atom. The molecule has 0 saturated heterocycles. The number of hydrogen-bond acceptors (Lipinski definition) is 4. The lowest BCUT2D eigenvalue weighted by Crippen LogP contribution is -2.52. The van der Waals surface area contributed by atoms with Gasteiger partial charge in [0.1, 0.15) is 6.04 Å². The third kappa shape index (κ3) is 9.44. The van der Waals surface area contributed by atoms with Crippen molar-refractivity contribution in [1.29, 1.82) is 0 Å². The van der Waals surface area contributed by atoms with Gasteiger partial charge in [0.2, 0.25) is 21.8 Å². The van der Waals surface area contributed by atoms with Crippen LogP contribution in [0.25, 0.3) is 0 Å². The molecule has 3 aromatic carbocycles. The first-order valence-electron chi connectivity index (χ1n) is 14.6. The first-order valence-corrected chi connectivity index (χ1v) is 16.5. The van der Waals surface area contributed by atoms with Gasteiger partial charge in [0.25, 0.3) is 0 Å². The normalized spacial score (nSPS) is 12.8. The van der Waals surface area contributed by atoms with Crippen molar-refractivity contribution < 1.29 is 18.0 Å². The molecule has 0 saturated carbocycles. The summed E-state index contributed by atoms with van der Waals surface area (Å²) < 4.78 is 26.8. The maximum Gasteiger partial charge on any atom is 0.243 e. The average Bonchev–Trinajstić information content (AvgIpc) is 2.95. The molecule has 0 aliphatic carbocycles. The number of carbonyl (C=O) groups excluding carboxylic acids is 2. The Morgan fingerprint density at radius 3 is 2.14 bits per heavy atom. The van der Waals surface area contributed by atoms with Crippen LogP contribution in [0, 0.1) is 20.8 Å². The van der Waals surface area contributed by atoms with E-state index in [1.54, 1.807) is 11.0 Å². The van der Waals surface area contributed by atoms with Gasteiger partial charge in [0.05, 0.1) is 11.9 Å². The Morgan fingerprint density at radius 2 is 1.55 bits per heavy atom. The van der Waals surface area contributed by atoms with Crippen LogP contribution in [0.1, 0.15) is 60.9 Å². The first-order chi connectivity index (χ1) is 19.9. The Labute approximate surface area is 252 Å². The second kappa shape index (κ2) is 15.0. The fraction of sp³-hybridized carbons (Fsp3) is 0.412. The molecule has 0 aromatic heterocycles. The van der Waals surface area contributed by atoms with Crippen molar-refractivity contribution in [1.82, 2.24) is 10.2 Å². The molecule has 2 amide bonds. The summed E-state index contributed by atoms with van der Waals surface area (Å²) in [7, 11) is -3.56. The van der Waals surface area contributed by atoms with E-state index in [9.17, 15) is 18.0 Å². The van der Waals surface area contributed by atoms with Crippen LogP contribution >= 0.6 is 0 Å². The highest BCUT2D eigenvalue weighted by atomic mass is 32.2. The molecule has 8 heteroatoms. The Kier molecular flexibility index (Phi) is 11.7. The topological polar surface area (TPSA) is 86.8 Å². The minimum Gasteiger partial charge on any atom is -0.352 e. The third-order valence-corrected chi connectivity index (χ3v) is 8.87. The Balaban J connectivity index is 1.89. The van der Waals surface area contributed by atoms with E-state index < -0.39 is 16.1 Å². The summed E-state index contributed by atoms with van der Waals surface area (Å²) >= 11 is 0. The van der Waals surface area contributed by atoms with E-state index in [1.807, 2.05) is 101 Å². The van der Waals surface area contributed by atoms with Crippen molar-refractivity contribution >= 4 is 27.5 Å². The Hall–Kier alpha value is -3.65. The maximum absolute atomic E-state index is 14.0. The van der Waals surface area contributed by atoms with Gasteiger partial charge in [-0.15, -0.1) is 0 Å². The zero-order valence-electron chi connectivity index (χ0n) is 25.8. The molecule has 0 bridgehead atoms. The summed E-state index contributed by atoms with van der Waals surface area (Å²) in [5.74, 6) is -0.383. The summed E-state index contributed by atoms with van der Waals surface area (Å²) in [6, 6.07) is 22.5. The molecule has 0 aliphatic heterocycles. The number of aryl methyl sites for hydroxylation is 3. The maximum atomic E-state index is 14.0. The lowest BCUT2D eigenvalue weighted by atomic mass is 10.0. The SMILES string of the molecule is CC[C@H](C)NC(=O)[C@@H](Cc1ccccc1)N(Cc1ccc(C)cc1)C(=O)CCCN(c1ccc(C)c(C)c1)S(C)(=O)=O. The van der Waals surface area contributed by atoms with Crippen molar-refractivity contribution in [2.75, 3.05) is 17.1 Å². The number of carbonyl (C=O) groups is 2. The van der Waals surface area contributed by atoms with Gasteiger partial charge in [-0.2, -0.15) is 0 Å². The summed E-state index contributed by atoms with van der Waals surface area (Å²) in [6.45, 7) is 10.3. The van der Waals surface area contributed by atoms with Crippen LogP contribution in [0.5, 0.6) is 0 Å². The molecule has 0 heterocycles. The fourth-order valence-corrected chi connectivity index (χ4v) is 5.73. The monoisotopic (exact) mass is 591 g/mol. The number of anilines is 1. The fourth-order valence-electron chi connectivity index (χ4n) is 4.77. The highest BCUT2D eigenvalue weighted by Gasteiger charge is 2.31. The molecule has 0 fully saturated rings. The minimum absolute atomic E-state index is 0.0339. The number of benzene rings is 3. The van der Waals surface area contributed by atoms with Crippen LogP contribution < -0.4 is 9.62 Å². The molecule has 3 aromatic rings. The van der Waals surface area contributed by atoms with Crippen LogP contribution in [0.3, 0.4) is 0 Å². The summed E-state index contributed by atoms with van der Waals surface area (Å²) in [6.07, 6.45) is 2.75. The lowest BCUT2D eigenvalue weighted by Gasteiger charge is -2.33. The average molecular weight is 592 g/mol. The van der Waals surface area contributed by atoms with Gasteiger partial charge < -0.3 is 10.2 Å². The van der Waals surface area contributed by atoms with Crippen molar-refractivity contribution in [2.24, 2.45) is 0 Å². The van der Waals surface area contributed by atoms with Crippen LogP contribution in [0.15, 0.2) is 72.8 Å². The van der Waals surface area contributed by atoms with Gasteiger partial charge in [0.15, 0.2) is 0 Å². The van der Waals surface area contributed by atoms with E-state index in [0.29, 0.717) is 18.5 Å². The van der Waals surface area contributed by atoms with Crippen molar-refractivity contribution in [2.45, 2.75) is 78.9 Å². The molecule has 1 N–H and O–H groups in total. The van der Waals surface area contributed by atoms with E-state index >= 15 is 0 Å². The molecule has 0 spiro atoms. The molecule has 42 heavy (non-hydrogen) atoms. The zero-order chi connectivity index (χ0) is 30.9. The zero-order valence-corrected chi connectivity index (χ0v) is 26.6. The highest BCUT2D eigenvalue weighted by molar-refractivity contribution is 7.92. The van der Waals surface area contributed by atoms with Gasteiger partial charge >= 0.3 is 0 Å². The number of nitrogens with one attached hydrogen (secondary N) is 1. The van der Waals surface area contributed by atoms with Crippen LogP contribution in [-0.2, 0) is 32.6 Å². The van der Waals surface area contributed by atoms with Crippen LogP contribution in [-0.4, -0.2) is 50.0 Å². The third-order valence-electron chi connectivity index (χ3n) is 7.68. The van der Waals surface area contributed by atoms with Gasteiger partial charge in [-0.3, -0.25) is 13.9 Å². The molecule has 0 aliphatic rings. The second-order valence-electron chi connectivity index (χ2n) is 11.2. The van der Waals surface area contributed by atoms with Crippen molar-refractivity contribution in [3.8, 4) is 0 Å². The first kappa shape index (κ1) is 32.9. The lowest BCUT2D eigenvalue weighted by molar-refractivity contribution is -0.141. The van der Waals surface area contributed by atoms with E-state index in [0.717, 1.165) is 34.2 Å². The molecule has 7 nitrogen and oxygen atoms in total. The number of nitrogens with zero attached hydrogens (tertiary/aromatic N) is 2. The summed E-state index contributed by atoms with van der Waals surface area (Å²) in [5.41, 5.74) is 5.66. The molecule has 3 rings (SSSR count). The largest absolute Gasteiger partial charge is 0.352 e. The van der Waals surface area contributed by atoms with E-state index in [1.165, 1.54) is 10.6 Å². The van der Waals surface area contributed by atoms with Crippen molar-refractivity contribution in [3.05, 3.63) is 101 Å². The predicted molar refractivity (Wildman–Crippen MR) is 171 cm³/mol. The Bertz CT molecular complexity index is 1440. The predicted octanol–water partition coefficient (Wildman–Crippen LogP) is 5.71.